The Hall–Kier alpha value is -2.34. The standard InChI is InChI=1S/C15H19N5O/c1-3-16-10-13-15(18-14-7-5-6-8-20(13)14)21-12-9-17-19(4-2)11-12/h5-9,11,16H,3-4,10H2,1-2H3. The van der Waals surface area contributed by atoms with Gasteiger partial charge in [-0.2, -0.15) is 10.1 Å². The van der Waals surface area contributed by atoms with Crippen LogP contribution < -0.4 is 10.1 Å². The minimum absolute atomic E-state index is 0.623. The third-order valence-corrected chi connectivity index (χ3v) is 3.28. The Morgan fingerprint density at radius 2 is 2.19 bits per heavy atom. The second kappa shape index (κ2) is 5.97. The number of nitrogens with zero attached hydrogens (tertiary/aromatic N) is 4. The number of ether oxygens (including phenoxy) is 1. The normalized spacial score (nSPS) is 11.1. The largest absolute Gasteiger partial charge is 0.434 e. The van der Waals surface area contributed by atoms with Gasteiger partial charge in [0.15, 0.2) is 5.75 Å². The van der Waals surface area contributed by atoms with E-state index in [1.165, 1.54) is 0 Å². The van der Waals surface area contributed by atoms with Crippen molar-refractivity contribution in [1.82, 2.24) is 24.5 Å². The third kappa shape index (κ3) is 2.75. The zero-order valence-electron chi connectivity index (χ0n) is 12.3. The van der Waals surface area contributed by atoms with Crippen molar-refractivity contribution in [3.63, 3.8) is 0 Å². The maximum atomic E-state index is 5.92. The first-order chi connectivity index (χ1) is 10.3. The Bertz CT molecular complexity index is 731. The maximum absolute atomic E-state index is 5.92. The molecule has 0 unspecified atom stereocenters. The van der Waals surface area contributed by atoms with E-state index in [0.717, 1.165) is 24.4 Å². The predicted octanol–water partition coefficient (Wildman–Crippen LogP) is 2.45. The number of aryl methyl sites for hydroxylation is 1. The summed E-state index contributed by atoms with van der Waals surface area (Å²) in [5, 5.41) is 7.54. The summed E-state index contributed by atoms with van der Waals surface area (Å²) in [5.41, 5.74) is 1.89. The van der Waals surface area contributed by atoms with Crippen LogP contribution in [0.3, 0.4) is 0 Å². The molecule has 0 amide bonds. The summed E-state index contributed by atoms with van der Waals surface area (Å²) in [7, 11) is 0. The third-order valence-electron chi connectivity index (χ3n) is 3.28. The van der Waals surface area contributed by atoms with Gasteiger partial charge in [0.05, 0.1) is 12.4 Å². The second-order valence-electron chi connectivity index (χ2n) is 4.71. The minimum atomic E-state index is 0.623. The Labute approximate surface area is 123 Å². The quantitative estimate of drug-likeness (QED) is 0.756. The molecule has 0 aliphatic carbocycles. The van der Waals surface area contributed by atoms with Crippen LogP contribution >= 0.6 is 0 Å². The summed E-state index contributed by atoms with van der Waals surface area (Å²) in [6.45, 7) is 6.54. The monoisotopic (exact) mass is 285 g/mol. The van der Waals surface area contributed by atoms with E-state index in [1.807, 2.05) is 46.6 Å². The van der Waals surface area contributed by atoms with Crippen molar-refractivity contribution >= 4 is 5.65 Å². The van der Waals surface area contributed by atoms with Gasteiger partial charge < -0.3 is 10.1 Å². The van der Waals surface area contributed by atoms with Crippen LogP contribution in [0.4, 0.5) is 0 Å². The average Bonchev–Trinajstić information content (AvgIpc) is 3.09. The summed E-state index contributed by atoms with van der Waals surface area (Å²) >= 11 is 0. The van der Waals surface area contributed by atoms with Crippen LogP contribution in [0, 0.1) is 0 Å². The first-order valence-corrected chi connectivity index (χ1v) is 7.18. The molecule has 1 N–H and O–H groups in total. The van der Waals surface area contributed by atoms with Crippen LogP contribution in [0.15, 0.2) is 36.8 Å². The molecule has 0 saturated carbocycles. The molecule has 0 saturated heterocycles. The van der Waals surface area contributed by atoms with E-state index in [4.69, 9.17) is 4.74 Å². The molecule has 3 heterocycles. The molecule has 3 rings (SSSR count). The van der Waals surface area contributed by atoms with Crippen molar-refractivity contribution in [3.8, 4) is 11.6 Å². The van der Waals surface area contributed by atoms with Crippen molar-refractivity contribution in [3.05, 3.63) is 42.5 Å². The molecule has 3 aromatic heterocycles. The summed E-state index contributed by atoms with van der Waals surface area (Å²) in [4.78, 5) is 4.56. The molecular formula is C15H19N5O. The molecule has 6 heteroatoms. The summed E-state index contributed by atoms with van der Waals surface area (Å²) in [6.07, 6.45) is 5.59. The molecule has 0 bridgehead atoms. The Morgan fingerprint density at radius 3 is 2.95 bits per heavy atom. The zero-order chi connectivity index (χ0) is 14.7. The molecular weight excluding hydrogens is 266 g/mol. The Balaban J connectivity index is 1.95. The van der Waals surface area contributed by atoms with Crippen molar-refractivity contribution < 1.29 is 4.74 Å². The average molecular weight is 285 g/mol. The summed E-state index contributed by atoms with van der Waals surface area (Å²) in [6, 6.07) is 5.93. The molecule has 0 aliphatic rings. The van der Waals surface area contributed by atoms with Crippen molar-refractivity contribution in [2.24, 2.45) is 0 Å². The predicted molar refractivity (Wildman–Crippen MR) is 80.5 cm³/mol. The van der Waals surface area contributed by atoms with Crippen molar-refractivity contribution in [2.75, 3.05) is 6.54 Å². The van der Waals surface area contributed by atoms with E-state index in [9.17, 15) is 0 Å². The van der Waals surface area contributed by atoms with E-state index in [0.29, 0.717) is 18.2 Å². The molecule has 6 nitrogen and oxygen atoms in total. The molecule has 110 valence electrons. The lowest BCUT2D eigenvalue weighted by Crippen LogP contribution is -2.13. The van der Waals surface area contributed by atoms with Gasteiger partial charge in [0, 0.05) is 19.3 Å². The molecule has 0 fully saturated rings. The molecule has 0 aromatic carbocycles. The van der Waals surface area contributed by atoms with E-state index in [1.54, 1.807) is 6.20 Å². The Kier molecular flexibility index (Phi) is 3.87. The number of hydrogen-bond donors (Lipinski definition) is 1. The molecule has 0 radical (unpaired) electrons. The van der Waals surface area contributed by atoms with Crippen LogP contribution in [0.5, 0.6) is 11.6 Å². The van der Waals surface area contributed by atoms with Crippen molar-refractivity contribution in [2.45, 2.75) is 26.9 Å². The lowest BCUT2D eigenvalue weighted by molar-refractivity contribution is 0.455. The van der Waals surface area contributed by atoms with Crippen molar-refractivity contribution in [1.29, 1.82) is 0 Å². The van der Waals surface area contributed by atoms with Crippen LogP contribution in [-0.2, 0) is 13.1 Å². The van der Waals surface area contributed by atoms with Crippen LogP contribution in [-0.4, -0.2) is 25.7 Å². The van der Waals surface area contributed by atoms with Crippen LogP contribution in [0.2, 0.25) is 0 Å². The lowest BCUT2D eigenvalue weighted by Gasteiger charge is -2.05. The molecule has 0 spiro atoms. The fourth-order valence-electron chi connectivity index (χ4n) is 2.19. The highest BCUT2D eigenvalue weighted by atomic mass is 16.5. The number of aromatic nitrogens is 4. The first kappa shape index (κ1) is 13.6. The van der Waals surface area contributed by atoms with Gasteiger partial charge in [0.25, 0.3) is 0 Å². The first-order valence-electron chi connectivity index (χ1n) is 7.18. The number of nitrogens with one attached hydrogen (secondary N) is 1. The highest BCUT2D eigenvalue weighted by Gasteiger charge is 2.14. The van der Waals surface area contributed by atoms with E-state index < -0.39 is 0 Å². The Morgan fingerprint density at radius 1 is 1.29 bits per heavy atom. The SMILES string of the molecule is CCNCc1c(Oc2cnn(CC)c2)nc2ccccn12. The smallest absolute Gasteiger partial charge is 0.242 e. The minimum Gasteiger partial charge on any atom is -0.434 e. The topological polar surface area (TPSA) is 56.4 Å². The number of pyridine rings is 1. The number of hydrogen-bond acceptors (Lipinski definition) is 4. The molecule has 21 heavy (non-hydrogen) atoms. The van der Waals surface area contributed by atoms with Gasteiger partial charge in [-0.1, -0.05) is 13.0 Å². The fourth-order valence-corrected chi connectivity index (χ4v) is 2.19. The fraction of sp³-hybridized carbons (Fsp3) is 0.333. The molecule has 3 aromatic rings. The lowest BCUT2D eigenvalue weighted by atomic mass is 10.4. The maximum Gasteiger partial charge on any atom is 0.242 e. The molecule has 0 atom stereocenters. The van der Waals surface area contributed by atoms with Crippen LogP contribution in [0.1, 0.15) is 19.5 Å². The van der Waals surface area contributed by atoms with E-state index >= 15 is 0 Å². The highest BCUT2D eigenvalue weighted by molar-refractivity contribution is 5.46. The van der Waals surface area contributed by atoms with Gasteiger partial charge in [0.1, 0.15) is 11.3 Å². The van der Waals surface area contributed by atoms with E-state index in [2.05, 4.69) is 22.3 Å². The number of fused-ring (bicyclic) bond motifs is 1. The van der Waals surface area contributed by atoms with Gasteiger partial charge in [-0.3, -0.25) is 9.08 Å². The van der Waals surface area contributed by atoms with Gasteiger partial charge >= 0.3 is 0 Å². The van der Waals surface area contributed by atoms with Gasteiger partial charge in [0.2, 0.25) is 5.88 Å². The highest BCUT2D eigenvalue weighted by Crippen LogP contribution is 2.25. The van der Waals surface area contributed by atoms with E-state index in [-0.39, 0.29) is 0 Å². The summed E-state index contributed by atoms with van der Waals surface area (Å²) < 4.78 is 9.79. The van der Waals surface area contributed by atoms with Gasteiger partial charge in [-0.15, -0.1) is 0 Å². The zero-order valence-corrected chi connectivity index (χ0v) is 12.3. The second-order valence-corrected chi connectivity index (χ2v) is 4.71. The van der Waals surface area contributed by atoms with Gasteiger partial charge in [-0.25, -0.2) is 0 Å². The number of imidazole rings is 1. The summed E-state index contributed by atoms with van der Waals surface area (Å²) in [5.74, 6) is 1.33. The van der Waals surface area contributed by atoms with Gasteiger partial charge in [-0.05, 0) is 25.6 Å². The number of rotatable bonds is 6. The van der Waals surface area contributed by atoms with Crippen LogP contribution in [0.25, 0.3) is 5.65 Å². The molecule has 0 aliphatic heterocycles.